The number of hydrogen-bond acceptors (Lipinski definition) is 3. The van der Waals surface area contributed by atoms with Crippen LogP contribution >= 0.6 is 0 Å². The van der Waals surface area contributed by atoms with Gasteiger partial charge in [-0.25, -0.2) is 0 Å². The van der Waals surface area contributed by atoms with Gasteiger partial charge in [0.25, 0.3) is 11.5 Å². The van der Waals surface area contributed by atoms with Crippen LogP contribution in [0.5, 0.6) is 11.5 Å². The molecular weight excluding hydrogens is 342 g/mol. The number of pyridine rings is 1. The van der Waals surface area contributed by atoms with Crippen LogP contribution in [0.3, 0.4) is 0 Å². The lowest BCUT2D eigenvalue weighted by molar-refractivity contribution is 0.102. The summed E-state index contributed by atoms with van der Waals surface area (Å²) in [6.45, 7) is 1.90. The van der Waals surface area contributed by atoms with Gasteiger partial charge in [-0.15, -0.1) is 0 Å². The number of rotatable bonds is 4. The Bertz CT molecular complexity index is 1180. The molecule has 2 N–H and O–H groups in total. The summed E-state index contributed by atoms with van der Waals surface area (Å²) in [5.41, 5.74) is 1.64. The SMILES string of the molecule is Cc1cc(NC(=O)c2c(=O)[nH]n3ccccc23)ccc1Oc1ccccc1. The first-order valence-electron chi connectivity index (χ1n) is 8.46. The van der Waals surface area contributed by atoms with Crippen molar-refractivity contribution in [3.63, 3.8) is 0 Å². The molecule has 0 aliphatic rings. The van der Waals surface area contributed by atoms with E-state index < -0.39 is 11.5 Å². The molecule has 2 aromatic carbocycles. The summed E-state index contributed by atoms with van der Waals surface area (Å²) >= 11 is 0. The summed E-state index contributed by atoms with van der Waals surface area (Å²) in [5.74, 6) is 0.983. The molecule has 6 nitrogen and oxygen atoms in total. The molecule has 0 spiro atoms. The Labute approximate surface area is 155 Å². The van der Waals surface area contributed by atoms with Crippen molar-refractivity contribution in [2.45, 2.75) is 6.92 Å². The van der Waals surface area contributed by atoms with Crippen LogP contribution in [-0.2, 0) is 0 Å². The van der Waals surface area contributed by atoms with E-state index in [2.05, 4.69) is 10.4 Å². The first-order valence-corrected chi connectivity index (χ1v) is 8.46. The number of aromatic nitrogens is 2. The van der Waals surface area contributed by atoms with Crippen molar-refractivity contribution in [2.75, 3.05) is 5.32 Å². The molecule has 1 amide bonds. The highest BCUT2D eigenvalue weighted by molar-refractivity contribution is 6.08. The number of ether oxygens (including phenoxy) is 1. The molecule has 0 saturated carbocycles. The average Bonchev–Trinajstić information content (AvgIpc) is 3.00. The quantitative estimate of drug-likeness (QED) is 0.579. The van der Waals surface area contributed by atoms with Crippen molar-refractivity contribution in [1.82, 2.24) is 9.61 Å². The lowest BCUT2D eigenvalue weighted by Gasteiger charge is -2.11. The minimum absolute atomic E-state index is 0.0814. The van der Waals surface area contributed by atoms with Gasteiger partial charge in [0.05, 0.1) is 5.52 Å². The number of hydrogen-bond donors (Lipinski definition) is 2. The molecular formula is C21H17N3O3. The van der Waals surface area contributed by atoms with Gasteiger partial charge in [0.2, 0.25) is 0 Å². The number of benzene rings is 2. The van der Waals surface area contributed by atoms with Crippen molar-refractivity contribution in [2.24, 2.45) is 0 Å². The van der Waals surface area contributed by atoms with Gasteiger partial charge in [-0.1, -0.05) is 24.3 Å². The largest absolute Gasteiger partial charge is 0.457 e. The maximum Gasteiger partial charge on any atom is 0.277 e. The van der Waals surface area contributed by atoms with E-state index in [1.54, 1.807) is 36.5 Å². The molecule has 0 saturated heterocycles. The van der Waals surface area contributed by atoms with E-state index in [9.17, 15) is 9.59 Å². The van der Waals surface area contributed by atoms with Gasteiger partial charge < -0.3 is 10.1 Å². The Morgan fingerprint density at radius 2 is 1.81 bits per heavy atom. The second-order valence-corrected chi connectivity index (χ2v) is 6.12. The Morgan fingerprint density at radius 3 is 2.59 bits per heavy atom. The first-order chi connectivity index (χ1) is 13.1. The zero-order chi connectivity index (χ0) is 18.8. The van der Waals surface area contributed by atoms with Gasteiger partial charge in [-0.3, -0.25) is 19.2 Å². The van der Waals surface area contributed by atoms with Gasteiger partial charge in [-0.2, -0.15) is 0 Å². The average molecular weight is 359 g/mol. The standard InChI is InChI=1S/C21H17N3O3/c1-14-13-15(10-11-18(14)27-16-7-3-2-4-8-16)22-20(25)19-17-9-5-6-12-24(17)23-21(19)26/h2-13H,1H3,(H,22,25)(H,23,26). The first kappa shape index (κ1) is 16.7. The molecule has 0 aliphatic heterocycles. The third kappa shape index (κ3) is 3.32. The van der Waals surface area contributed by atoms with E-state index >= 15 is 0 Å². The number of amides is 1. The highest BCUT2D eigenvalue weighted by Gasteiger charge is 2.17. The summed E-state index contributed by atoms with van der Waals surface area (Å²) in [5, 5.41) is 5.40. The van der Waals surface area contributed by atoms with Gasteiger partial charge in [0.15, 0.2) is 0 Å². The highest BCUT2D eigenvalue weighted by atomic mass is 16.5. The molecule has 6 heteroatoms. The van der Waals surface area contributed by atoms with Crippen LogP contribution in [0.2, 0.25) is 0 Å². The fraction of sp³-hybridized carbons (Fsp3) is 0.0476. The molecule has 0 bridgehead atoms. The third-order valence-corrected chi connectivity index (χ3v) is 4.20. The second-order valence-electron chi connectivity index (χ2n) is 6.12. The topological polar surface area (TPSA) is 75.6 Å². The van der Waals surface area contributed by atoms with Gasteiger partial charge in [0.1, 0.15) is 17.1 Å². The van der Waals surface area contributed by atoms with E-state index in [0.29, 0.717) is 17.0 Å². The molecule has 134 valence electrons. The minimum atomic E-state index is -0.457. The Hall–Kier alpha value is -3.80. The second kappa shape index (κ2) is 6.84. The van der Waals surface area contributed by atoms with Crippen molar-refractivity contribution >= 4 is 17.1 Å². The predicted molar refractivity (Wildman–Crippen MR) is 104 cm³/mol. The number of nitrogens with zero attached hydrogens (tertiary/aromatic N) is 1. The van der Waals surface area contributed by atoms with Crippen LogP contribution < -0.4 is 15.6 Å². The molecule has 0 unspecified atom stereocenters. The smallest absolute Gasteiger partial charge is 0.277 e. The Morgan fingerprint density at radius 1 is 1.04 bits per heavy atom. The number of carbonyl (C=O) groups is 1. The lowest BCUT2D eigenvalue weighted by Crippen LogP contribution is -2.19. The molecule has 4 aromatic rings. The number of para-hydroxylation sites is 1. The lowest BCUT2D eigenvalue weighted by atomic mass is 10.2. The number of anilines is 1. The number of aryl methyl sites for hydroxylation is 1. The summed E-state index contributed by atoms with van der Waals surface area (Å²) in [4.78, 5) is 24.8. The van der Waals surface area contributed by atoms with E-state index in [4.69, 9.17) is 4.74 Å². The molecule has 2 aromatic heterocycles. The van der Waals surface area contributed by atoms with E-state index in [0.717, 1.165) is 11.3 Å². The fourth-order valence-corrected chi connectivity index (χ4v) is 2.90. The fourth-order valence-electron chi connectivity index (χ4n) is 2.90. The molecule has 0 fully saturated rings. The van der Waals surface area contributed by atoms with Crippen LogP contribution in [0.1, 0.15) is 15.9 Å². The maximum absolute atomic E-state index is 12.6. The zero-order valence-electron chi connectivity index (χ0n) is 14.6. The van der Waals surface area contributed by atoms with E-state index in [-0.39, 0.29) is 5.56 Å². The van der Waals surface area contributed by atoms with Crippen LogP contribution in [-0.4, -0.2) is 15.5 Å². The molecule has 0 atom stereocenters. The molecule has 27 heavy (non-hydrogen) atoms. The van der Waals surface area contributed by atoms with Crippen molar-refractivity contribution in [3.8, 4) is 11.5 Å². The summed E-state index contributed by atoms with van der Waals surface area (Å²) in [7, 11) is 0. The summed E-state index contributed by atoms with van der Waals surface area (Å²) in [6, 6.07) is 20.1. The van der Waals surface area contributed by atoms with Crippen LogP contribution in [0.15, 0.2) is 77.7 Å². The van der Waals surface area contributed by atoms with Crippen LogP contribution in [0, 0.1) is 6.92 Å². The number of H-pyrrole nitrogens is 1. The minimum Gasteiger partial charge on any atom is -0.457 e. The normalized spacial score (nSPS) is 10.7. The number of carbonyl (C=O) groups excluding carboxylic acids is 1. The van der Waals surface area contributed by atoms with Crippen molar-refractivity contribution < 1.29 is 9.53 Å². The molecule has 4 rings (SSSR count). The van der Waals surface area contributed by atoms with Gasteiger partial charge in [0, 0.05) is 11.9 Å². The monoisotopic (exact) mass is 359 g/mol. The van der Waals surface area contributed by atoms with Crippen LogP contribution in [0.25, 0.3) is 5.52 Å². The Kier molecular flexibility index (Phi) is 4.22. The Balaban J connectivity index is 1.57. The van der Waals surface area contributed by atoms with Gasteiger partial charge in [-0.05, 0) is 55.0 Å². The summed E-state index contributed by atoms with van der Waals surface area (Å²) < 4.78 is 7.37. The molecule has 2 heterocycles. The number of nitrogens with one attached hydrogen (secondary N) is 2. The molecule has 0 aliphatic carbocycles. The number of aromatic amines is 1. The van der Waals surface area contributed by atoms with Crippen molar-refractivity contribution in [1.29, 1.82) is 0 Å². The number of fused-ring (bicyclic) bond motifs is 1. The van der Waals surface area contributed by atoms with Crippen LogP contribution in [0.4, 0.5) is 5.69 Å². The molecule has 0 radical (unpaired) electrons. The maximum atomic E-state index is 12.6. The third-order valence-electron chi connectivity index (χ3n) is 4.20. The van der Waals surface area contributed by atoms with E-state index in [1.165, 1.54) is 4.52 Å². The zero-order valence-corrected chi connectivity index (χ0v) is 14.6. The summed E-state index contributed by atoms with van der Waals surface area (Å²) in [6.07, 6.45) is 1.69. The van der Waals surface area contributed by atoms with Gasteiger partial charge >= 0.3 is 0 Å². The highest BCUT2D eigenvalue weighted by Crippen LogP contribution is 2.27. The van der Waals surface area contributed by atoms with Crippen molar-refractivity contribution in [3.05, 3.63) is 94.4 Å². The van der Waals surface area contributed by atoms with E-state index in [1.807, 2.05) is 43.3 Å². The predicted octanol–water partition coefficient (Wildman–Crippen LogP) is 3.98.